The summed E-state index contributed by atoms with van der Waals surface area (Å²) >= 11 is 0. The zero-order valence-corrected chi connectivity index (χ0v) is 17.2. The maximum atomic E-state index is 11.1. The largest absolute Gasteiger partial charge is 0.482 e. The maximum absolute atomic E-state index is 11.1. The Labute approximate surface area is 172 Å². The zero-order valence-electron chi connectivity index (χ0n) is 17.2. The topological polar surface area (TPSA) is 107 Å². The van der Waals surface area contributed by atoms with E-state index < -0.39 is 24.8 Å². The van der Waals surface area contributed by atoms with E-state index >= 15 is 0 Å². The number of hydrogen-bond acceptors (Lipinski definition) is 5. The number of aliphatic carboxylic acids is 1. The molecule has 0 bridgehead atoms. The van der Waals surface area contributed by atoms with Gasteiger partial charge < -0.3 is 25.2 Å². The van der Waals surface area contributed by atoms with Gasteiger partial charge in [0.2, 0.25) is 0 Å². The summed E-state index contributed by atoms with van der Waals surface area (Å²) in [5.74, 6) is -0.482. The Morgan fingerprint density at radius 2 is 2.03 bits per heavy atom. The highest BCUT2D eigenvalue weighted by atomic mass is 16.5. The van der Waals surface area contributed by atoms with Crippen LogP contribution in [0.15, 0.2) is 18.2 Å². The molecule has 6 atom stereocenters. The molecule has 2 aliphatic rings. The number of carbonyl (C=O) groups is 1. The standard InChI is InChI=1S/C23H34O6/c1-2-3-4-6-15(24)9-10-17-19(25)12-14-11-18-16(23(28)22(14)17)7-5-8-20(18)29-13-21(26)27/h5,7-8,14-15,17,19,22-25,28H,2-4,6,9-13H2,1H3,(H,26,27)/t14-,15-,17-,19+,22-,23?/m0/s1. The van der Waals surface area contributed by atoms with Crippen LogP contribution in [-0.4, -0.2) is 45.2 Å². The second-order valence-corrected chi connectivity index (χ2v) is 8.69. The summed E-state index contributed by atoms with van der Waals surface area (Å²) < 4.78 is 5.44. The van der Waals surface area contributed by atoms with Gasteiger partial charge in [-0.15, -0.1) is 0 Å². The number of benzene rings is 1. The summed E-state index contributed by atoms with van der Waals surface area (Å²) in [6.45, 7) is 1.73. The van der Waals surface area contributed by atoms with Crippen LogP contribution in [-0.2, 0) is 11.2 Å². The number of unbranched alkanes of at least 4 members (excludes halogenated alkanes) is 2. The molecule has 0 aliphatic heterocycles. The lowest BCUT2D eigenvalue weighted by Crippen LogP contribution is -2.32. The molecule has 1 unspecified atom stereocenters. The van der Waals surface area contributed by atoms with Crippen LogP contribution in [0.2, 0.25) is 0 Å². The minimum atomic E-state index is -1.04. The van der Waals surface area contributed by atoms with Gasteiger partial charge in [0, 0.05) is 5.56 Å². The molecule has 0 saturated heterocycles. The smallest absolute Gasteiger partial charge is 0.341 e. The molecule has 1 aromatic carbocycles. The second kappa shape index (κ2) is 9.92. The summed E-state index contributed by atoms with van der Waals surface area (Å²) in [4.78, 5) is 10.9. The minimum absolute atomic E-state index is 0.0347. The van der Waals surface area contributed by atoms with E-state index in [-0.39, 0.29) is 23.9 Å². The Balaban J connectivity index is 1.69. The van der Waals surface area contributed by atoms with E-state index in [1.807, 2.05) is 6.07 Å². The molecule has 1 aromatic rings. The first-order chi connectivity index (χ1) is 13.9. The molecule has 2 aliphatic carbocycles. The molecular formula is C23H34O6. The Morgan fingerprint density at radius 3 is 2.76 bits per heavy atom. The van der Waals surface area contributed by atoms with Gasteiger partial charge >= 0.3 is 5.97 Å². The first-order valence-electron chi connectivity index (χ1n) is 10.9. The first kappa shape index (κ1) is 22.1. The van der Waals surface area contributed by atoms with Crippen molar-refractivity contribution in [2.45, 2.75) is 76.6 Å². The second-order valence-electron chi connectivity index (χ2n) is 8.69. The fourth-order valence-corrected chi connectivity index (χ4v) is 5.33. The van der Waals surface area contributed by atoms with Crippen LogP contribution in [0, 0.1) is 17.8 Å². The summed E-state index contributed by atoms with van der Waals surface area (Å²) in [5, 5.41) is 41.0. The lowest BCUT2D eigenvalue weighted by molar-refractivity contribution is -0.139. The molecule has 3 rings (SSSR count). The van der Waals surface area contributed by atoms with Crippen molar-refractivity contribution in [1.29, 1.82) is 0 Å². The van der Waals surface area contributed by atoms with E-state index in [1.54, 1.807) is 12.1 Å². The predicted molar refractivity (Wildman–Crippen MR) is 109 cm³/mol. The number of fused-ring (bicyclic) bond motifs is 2. The van der Waals surface area contributed by atoms with Gasteiger partial charge in [0.15, 0.2) is 6.61 Å². The number of ether oxygens (including phenoxy) is 1. The van der Waals surface area contributed by atoms with Crippen LogP contribution in [0.3, 0.4) is 0 Å². The highest BCUT2D eigenvalue weighted by Gasteiger charge is 2.49. The molecule has 1 fully saturated rings. The van der Waals surface area contributed by atoms with Crippen molar-refractivity contribution in [2.75, 3.05) is 6.61 Å². The average Bonchev–Trinajstić information content (AvgIpc) is 3.00. The summed E-state index contributed by atoms with van der Waals surface area (Å²) in [7, 11) is 0. The quantitative estimate of drug-likeness (QED) is 0.445. The van der Waals surface area contributed by atoms with Gasteiger partial charge in [-0.3, -0.25) is 0 Å². The maximum Gasteiger partial charge on any atom is 0.341 e. The van der Waals surface area contributed by atoms with Gasteiger partial charge in [0.25, 0.3) is 0 Å². The van der Waals surface area contributed by atoms with Crippen molar-refractivity contribution in [2.24, 2.45) is 17.8 Å². The number of hydrogen-bond donors (Lipinski definition) is 4. The normalized spacial score (nSPS) is 29.2. The van der Waals surface area contributed by atoms with E-state index in [0.717, 1.165) is 36.8 Å². The van der Waals surface area contributed by atoms with Gasteiger partial charge in [0.1, 0.15) is 5.75 Å². The Kier molecular flexibility index (Phi) is 7.55. The lowest BCUT2D eigenvalue weighted by Gasteiger charge is -2.36. The van der Waals surface area contributed by atoms with Crippen molar-refractivity contribution < 1.29 is 30.0 Å². The van der Waals surface area contributed by atoms with Crippen LogP contribution >= 0.6 is 0 Å². The van der Waals surface area contributed by atoms with E-state index in [4.69, 9.17) is 9.84 Å². The van der Waals surface area contributed by atoms with E-state index in [2.05, 4.69) is 6.92 Å². The van der Waals surface area contributed by atoms with Gasteiger partial charge in [-0.1, -0.05) is 38.3 Å². The summed E-state index contributed by atoms with van der Waals surface area (Å²) in [6.07, 6.45) is 5.15. The molecule has 162 valence electrons. The van der Waals surface area contributed by atoms with E-state index in [1.165, 1.54) is 0 Å². The van der Waals surface area contributed by atoms with Crippen LogP contribution in [0.4, 0.5) is 0 Å². The molecule has 0 spiro atoms. The number of carboxylic acid groups (broad SMARTS) is 1. The third-order valence-corrected chi connectivity index (χ3v) is 6.72. The highest BCUT2D eigenvalue weighted by molar-refractivity contribution is 5.68. The number of aliphatic hydroxyl groups is 3. The average molecular weight is 407 g/mol. The van der Waals surface area contributed by atoms with Crippen LogP contribution < -0.4 is 4.74 Å². The number of carboxylic acids is 1. The van der Waals surface area contributed by atoms with Gasteiger partial charge in [-0.05, 0) is 61.5 Å². The minimum Gasteiger partial charge on any atom is -0.482 e. The van der Waals surface area contributed by atoms with Gasteiger partial charge in [-0.25, -0.2) is 4.79 Å². The Morgan fingerprint density at radius 1 is 1.24 bits per heavy atom. The fraction of sp³-hybridized carbons (Fsp3) is 0.696. The highest BCUT2D eigenvalue weighted by Crippen LogP contribution is 2.53. The molecular weight excluding hydrogens is 372 g/mol. The third-order valence-electron chi connectivity index (χ3n) is 6.72. The van der Waals surface area contributed by atoms with E-state index in [9.17, 15) is 20.1 Å². The monoisotopic (exact) mass is 406 g/mol. The molecule has 6 nitrogen and oxygen atoms in total. The van der Waals surface area contributed by atoms with Gasteiger partial charge in [0.05, 0.1) is 18.3 Å². The molecule has 6 heteroatoms. The van der Waals surface area contributed by atoms with Crippen molar-refractivity contribution in [3.63, 3.8) is 0 Å². The van der Waals surface area contributed by atoms with Crippen molar-refractivity contribution >= 4 is 5.97 Å². The Bertz CT molecular complexity index is 690. The van der Waals surface area contributed by atoms with Crippen molar-refractivity contribution in [3.8, 4) is 5.75 Å². The third kappa shape index (κ3) is 5.11. The molecule has 0 amide bonds. The molecule has 0 heterocycles. The first-order valence-corrected chi connectivity index (χ1v) is 10.9. The molecule has 0 radical (unpaired) electrons. The van der Waals surface area contributed by atoms with Gasteiger partial charge in [-0.2, -0.15) is 0 Å². The molecule has 1 saturated carbocycles. The van der Waals surface area contributed by atoms with Crippen molar-refractivity contribution in [3.05, 3.63) is 29.3 Å². The number of aliphatic hydroxyl groups excluding tert-OH is 3. The zero-order chi connectivity index (χ0) is 21.0. The molecule has 0 aromatic heterocycles. The van der Waals surface area contributed by atoms with Crippen LogP contribution in [0.5, 0.6) is 5.75 Å². The van der Waals surface area contributed by atoms with Crippen molar-refractivity contribution in [1.82, 2.24) is 0 Å². The molecule has 29 heavy (non-hydrogen) atoms. The predicted octanol–water partition coefficient (Wildman–Crippen LogP) is 3.07. The Hall–Kier alpha value is -1.63. The summed E-state index contributed by atoms with van der Waals surface area (Å²) in [6, 6.07) is 5.38. The van der Waals surface area contributed by atoms with Crippen LogP contribution in [0.25, 0.3) is 0 Å². The van der Waals surface area contributed by atoms with E-state index in [0.29, 0.717) is 31.4 Å². The lowest BCUT2D eigenvalue weighted by atomic mass is 9.71. The number of rotatable bonds is 10. The SMILES string of the molecule is CCCCC[C@H](O)CC[C@@H]1[C@H]2C(O)c3cccc(OCC(=O)O)c3C[C@H]2C[C@H]1O. The fourth-order valence-electron chi connectivity index (χ4n) is 5.33. The molecule has 4 N–H and O–H groups in total. The summed E-state index contributed by atoms with van der Waals surface area (Å²) in [5.41, 5.74) is 1.63. The van der Waals surface area contributed by atoms with Crippen LogP contribution in [0.1, 0.15) is 69.1 Å².